The van der Waals surface area contributed by atoms with Crippen molar-refractivity contribution < 1.29 is 9.47 Å². The van der Waals surface area contributed by atoms with Gasteiger partial charge in [0, 0.05) is 25.4 Å². The van der Waals surface area contributed by atoms with E-state index in [0.29, 0.717) is 12.5 Å². The van der Waals surface area contributed by atoms with Gasteiger partial charge in [-0.25, -0.2) is 4.98 Å². The maximum atomic E-state index is 5.94. The average molecular weight is 302 g/mol. The van der Waals surface area contributed by atoms with E-state index in [1.165, 1.54) is 0 Å². The van der Waals surface area contributed by atoms with E-state index in [9.17, 15) is 0 Å². The molecule has 0 amide bonds. The molecule has 0 saturated heterocycles. The molecule has 1 unspecified atom stereocenters. The van der Waals surface area contributed by atoms with Gasteiger partial charge in [-0.05, 0) is 30.5 Å². The second-order valence-electron chi connectivity index (χ2n) is 6.06. The molecule has 0 fully saturated rings. The highest BCUT2D eigenvalue weighted by molar-refractivity contribution is 5.26. The van der Waals surface area contributed by atoms with Gasteiger partial charge in [0.05, 0.1) is 19.8 Å². The Labute approximate surface area is 133 Å². The van der Waals surface area contributed by atoms with Crippen LogP contribution < -0.4 is 4.74 Å². The number of methoxy groups -OCH3 is 1. The fourth-order valence-corrected chi connectivity index (χ4v) is 2.37. The standard InChI is InChI=1S/C18H26N2O2/c1-14(2)12-20-10-9-19-18(20)11-15(3)22-13-16-5-7-17(21-4)8-6-16/h5-10,14-15H,11-13H2,1-4H3. The third-order valence-corrected chi connectivity index (χ3v) is 3.53. The molecule has 0 N–H and O–H groups in total. The summed E-state index contributed by atoms with van der Waals surface area (Å²) in [6.07, 6.45) is 4.88. The minimum atomic E-state index is 0.135. The summed E-state index contributed by atoms with van der Waals surface area (Å²) in [4.78, 5) is 4.45. The van der Waals surface area contributed by atoms with Gasteiger partial charge >= 0.3 is 0 Å². The lowest BCUT2D eigenvalue weighted by atomic mass is 10.2. The van der Waals surface area contributed by atoms with E-state index < -0.39 is 0 Å². The predicted molar refractivity (Wildman–Crippen MR) is 88.0 cm³/mol. The number of imidazole rings is 1. The lowest BCUT2D eigenvalue weighted by Crippen LogP contribution is -2.16. The number of aromatic nitrogens is 2. The molecule has 1 heterocycles. The topological polar surface area (TPSA) is 36.3 Å². The maximum Gasteiger partial charge on any atom is 0.118 e. The van der Waals surface area contributed by atoms with E-state index in [1.54, 1.807) is 7.11 Å². The molecule has 4 nitrogen and oxygen atoms in total. The summed E-state index contributed by atoms with van der Waals surface area (Å²) < 4.78 is 13.3. The van der Waals surface area contributed by atoms with E-state index in [1.807, 2.05) is 36.7 Å². The van der Waals surface area contributed by atoms with Crippen molar-refractivity contribution in [2.75, 3.05) is 7.11 Å². The molecule has 4 heteroatoms. The van der Waals surface area contributed by atoms with Gasteiger partial charge in [0.1, 0.15) is 11.6 Å². The molecule has 0 aliphatic heterocycles. The molecular formula is C18H26N2O2. The number of hydrogen-bond donors (Lipinski definition) is 0. The molecule has 0 aliphatic rings. The molecular weight excluding hydrogens is 276 g/mol. The Morgan fingerprint density at radius 2 is 1.86 bits per heavy atom. The van der Waals surface area contributed by atoms with Crippen LogP contribution in [-0.4, -0.2) is 22.8 Å². The van der Waals surface area contributed by atoms with Crippen molar-refractivity contribution in [2.45, 2.75) is 46.4 Å². The summed E-state index contributed by atoms with van der Waals surface area (Å²) in [6, 6.07) is 7.98. The lowest BCUT2D eigenvalue weighted by Gasteiger charge is -2.15. The van der Waals surface area contributed by atoms with Crippen LogP contribution in [0, 0.1) is 5.92 Å². The minimum Gasteiger partial charge on any atom is -0.497 e. The molecule has 1 aromatic carbocycles. The van der Waals surface area contributed by atoms with Crippen LogP contribution >= 0.6 is 0 Å². The Balaban J connectivity index is 1.84. The maximum absolute atomic E-state index is 5.94. The molecule has 2 rings (SSSR count). The van der Waals surface area contributed by atoms with E-state index >= 15 is 0 Å². The van der Waals surface area contributed by atoms with Crippen LogP contribution in [0.3, 0.4) is 0 Å². The summed E-state index contributed by atoms with van der Waals surface area (Å²) in [6.45, 7) is 8.13. The summed E-state index contributed by atoms with van der Waals surface area (Å²) in [5, 5.41) is 0. The van der Waals surface area contributed by atoms with Crippen molar-refractivity contribution in [3.05, 3.63) is 48.0 Å². The normalized spacial score (nSPS) is 12.6. The molecule has 22 heavy (non-hydrogen) atoms. The molecule has 0 aliphatic carbocycles. The second kappa shape index (κ2) is 7.99. The first-order valence-electron chi connectivity index (χ1n) is 7.83. The second-order valence-corrected chi connectivity index (χ2v) is 6.06. The largest absolute Gasteiger partial charge is 0.497 e. The van der Waals surface area contributed by atoms with Crippen molar-refractivity contribution in [1.82, 2.24) is 9.55 Å². The predicted octanol–water partition coefficient (Wildman–Crippen LogP) is 3.70. The number of rotatable bonds is 8. The Morgan fingerprint density at radius 3 is 2.50 bits per heavy atom. The molecule has 1 atom stereocenters. The first-order valence-corrected chi connectivity index (χ1v) is 7.83. The highest BCUT2D eigenvalue weighted by Crippen LogP contribution is 2.14. The molecule has 0 spiro atoms. The van der Waals surface area contributed by atoms with Gasteiger partial charge in [0.25, 0.3) is 0 Å². The summed E-state index contributed by atoms with van der Waals surface area (Å²) in [7, 11) is 1.67. The quantitative estimate of drug-likeness (QED) is 0.746. The van der Waals surface area contributed by atoms with Crippen LogP contribution in [0.4, 0.5) is 0 Å². The van der Waals surface area contributed by atoms with Gasteiger partial charge in [0.2, 0.25) is 0 Å². The van der Waals surface area contributed by atoms with Gasteiger partial charge in [-0.15, -0.1) is 0 Å². The zero-order chi connectivity index (χ0) is 15.9. The number of nitrogens with zero attached hydrogens (tertiary/aromatic N) is 2. The summed E-state index contributed by atoms with van der Waals surface area (Å²) in [5.41, 5.74) is 1.15. The molecule has 0 radical (unpaired) electrons. The molecule has 1 aromatic heterocycles. The van der Waals surface area contributed by atoms with Gasteiger partial charge in [0.15, 0.2) is 0 Å². The fraction of sp³-hybridized carbons (Fsp3) is 0.500. The minimum absolute atomic E-state index is 0.135. The Kier molecular flexibility index (Phi) is 6.01. The highest BCUT2D eigenvalue weighted by Gasteiger charge is 2.10. The number of hydrogen-bond acceptors (Lipinski definition) is 3. The molecule has 120 valence electrons. The summed E-state index contributed by atoms with van der Waals surface area (Å²) in [5.74, 6) is 2.58. The van der Waals surface area contributed by atoms with Crippen molar-refractivity contribution in [2.24, 2.45) is 5.92 Å². The number of benzene rings is 1. The van der Waals surface area contributed by atoms with Crippen LogP contribution in [0.15, 0.2) is 36.7 Å². The lowest BCUT2D eigenvalue weighted by molar-refractivity contribution is 0.0516. The third-order valence-electron chi connectivity index (χ3n) is 3.53. The van der Waals surface area contributed by atoms with Gasteiger partial charge in [-0.2, -0.15) is 0 Å². The Morgan fingerprint density at radius 1 is 1.14 bits per heavy atom. The molecule has 0 saturated carbocycles. The van der Waals surface area contributed by atoms with E-state index in [-0.39, 0.29) is 6.10 Å². The van der Waals surface area contributed by atoms with Crippen LogP contribution in [-0.2, 0) is 24.3 Å². The highest BCUT2D eigenvalue weighted by atomic mass is 16.5. The first-order chi connectivity index (χ1) is 10.6. The summed E-state index contributed by atoms with van der Waals surface area (Å²) >= 11 is 0. The zero-order valence-electron chi connectivity index (χ0n) is 14.0. The smallest absolute Gasteiger partial charge is 0.118 e. The fourth-order valence-electron chi connectivity index (χ4n) is 2.37. The van der Waals surface area contributed by atoms with Crippen molar-refractivity contribution in [1.29, 1.82) is 0 Å². The van der Waals surface area contributed by atoms with Crippen LogP contribution in [0.1, 0.15) is 32.2 Å². The van der Waals surface area contributed by atoms with Crippen LogP contribution in [0.25, 0.3) is 0 Å². The first kappa shape index (κ1) is 16.6. The SMILES string of the molecule is COc1ccc(COC(C)Cc2nccn2CC(C)C)cc1. The number of ether oxygens (including phenoxy) is 2. The average Bonchev–Trinajstić information content (AvgIpc) is 2.92. The molecule has 2 aromatic rings. The van der Waals surface area contributed by atoms with Gasteiger partial charge in [-0.3, -0.25) is 0 Å². The van der Waals surface area contributed by atoms with E-state index in [4.69, 9.17) is 9.47 Å². The van der Waals surface area contributed by atoms with Gasteiger partial charge in [-0.1, -0.05) is 26.0 Å². The Hall–Kier alpha value is -1.81. The molecule has 0 bridgehead atoms. The van der Waals surface area contributed by atoms with Crippen molar-refractivity contribution in [3.63, 3.8) is 0 Å². The van der Waals surface area contributed by atoms with Gasteiger partial charge < -0.3 is 14.0 Å². The van der Waals surface area contributed by atoms with E-state index in [0.717, 1.165) is 30.1 Å². The van der Waals surface area contributed by atoms with Crippen LogP contribution in [0.5, 0.6) is 5.75 Å². The monoisotopic (exact) mass is 302 g/mol. The van der Waals surface area contributed by atoms with E-state index in [2.05, 4.69) is 30.3 Å². The third kappa shape index (κ3) is 4.88. The van der Waals surface area contributed by atoms with Crippen molar-refractivity contribution in [3.8, 4) is 5.75 Å². The van der Waals surface area contributed by atoms with Crippen molar-refractivity contribution >= 4 is 0 Å². The Bertz CT molecular complexity index is 561. The zero-order valence-corrected chi connectivity index (χ0v) is 14.0. The van der Waals surface area contributed by atoms with Crippen LogP contribution in [0.2, 0.25) is 0 Å².